The monoisotopic (exact) mass is 454 g/mol. The van der Waals surface area contributed by atoms with Gasteiger partial charge in [0.05, 0.1) is 25.0 Å². The largest absolute Gasteiger partial charge is 0.497 e. The predicted octanol–water partition coefficient (Wildman–Crippen LogP) is 3.36. The molecule has 9 heteroatoms. The minimum atomic E-state index is -3.48. The van der Waals surface area contributed by atoms with E-state index in [-0.39, 0.29) is 12.6 Å². The maximum absolute atomic E-state index is 13.2. The Kier molecular flexibility index (Phi) is 6.60. The van der Waals surface area contributed by atoms with Crippen molar-refractivity contribution in [3.05, 3.63) is 29.8 Å². The summed E-state index contributed by atoms with van der Waals surface area (Å²) in [6.45, 7) is 10.1. The van der Waals surface area contributed by atoms with Gasteiger partial charge in [0.2, 0.25) is 10.0 Å². The van der Waals surface area contributed by atoms with Crippen molar-refractivity contribution >= 4 is 16.1 Å². The Hall–Kier alpha value is -1.84. The fourth-order valence-electron chi connectivity index (χ4n) is 4.16. The summed E-state index contributed by atoms with van der Waals surface area (Å²) >= 11 is 0. The van der Waals surface area contributed by atoms with Crippen LogP contribution in [-0.4, -0.2) is 66.6 Å². The van der Waals surface area contributed by atoms with Crippen LogP contribution in [0.4, 0.5) is 4.79 Å². The standard InChI is InChI=1S/C22H34N2O6S/c1-21(2,3)30-20(25)24-17(15-29-22(24,4)5)13-19-11-12-23(31(19,26)27)14-16-7-9-18(28-6)10-8-16/h7-10,17,19H,11-15H2,1-6H3/t17-,19?/m0/s1. The van der Waals surface area contributed by atoms with Gasteiger partial charge in [-0.15, -0.1) is 0 Å². The predicted molar refractivity (Wildman–Crippen MR) is 117 cm³/mol. The topological polar surface area (TPSA) is 85.4 Å². The van der Waals surface area contributed by atoms with Crippen molar-refractivity contribution < 1.29 is 27.4 Å². The molecule has 1 aromatic rings. The molecule has 0 N–H and O–H groups in total. The number of rotatable bonds is 5. The third-order valence-electron chi connectivity index (χ3n) is 5.70. The van der Waals surface area contributed by atoms with Crippen LogP contribution in [0.5, 0.6) is 5.75 Å². The Labute approximate surface area is 185 Å². The molecule has 0 radical (unpaired) electrons. The van der Waals surface area contributed by atoms with Crippen molar-refractivity contribution in [2.45, 2.75) is 76.6 Å². The summed E-state index contributed by atoms with van der Waals surface area (Å²) in [5, 5.41) is -0.557. The molecule has 1 aromatic carbocycles. The van der Waals surface area contributed by atoms with Crippen molar-refractivity contribution in [2.24, 2.45) is 0 Å². The molecule has 2 aliphatic rings. The van der Waals surface area contributed by atoms with E-state index in [0.717, 1.165) is 11.3 Å². The molecule has 0 bridgehead atoms. The van der Waals surface area contributed by atoms with Gasteiger partial charge in [-0.3, -0.25) is 4.90 Å². The molecular formula is C22H34N2O6S. The second-order valence-electron chi connectivity index (χ2n) is 9.63. The summed E-state index contributed by atoms with van der Waals surface area (Å²) in [5.41, 5.74) is -0.585. The van der Waals surface area contributed by atoms with Crippen LogP contribution in [0.1, 0.15) is 53.0 Å². The third kappa shape index (κ3) is 5.32. The summed E-state index contributed by atoms with van der Waals surface area (Å²) in [7, 11) is -1.89. The van der Waals surface area contributed by atoms with Gasteiger partial charge in [-0.1, -0.05) is 12.1 Å². The molecule has 0 spiro atoms. The van der Waals surface area contributed by atoms with Gasteiger partial charge in [0.1, 0.15) is 17.1 Å². The second kappa shape index (κ2) is 8.60. The van der Waals surface area contributed by atoms with Gasteiger partial charge < -0.3 is 14.2 Å². The quantitative estimate of drug-likeness (QED) is 0.678. The first-order valence-electron chi connectivity index (χ1n) is 10.6. The van der Waals surface area contributed by atoms with Crippen molar-refractivity contribution in [3.63, 3.8) is 0 Å². The third-order valence-corrected chi connectivity index (χ3v) is 8.00. The Balaban J connectivity index is 1.70. The highest BCUT2D eigenvalue weighted by atomic mass is 32.2. The number of sulfonamides is 1. The van der Waals surface area contributed by atoms with E-state index in [2.05, 4.69) is 0 Å². The van der Waals surface area contributed by atoms with E-state index in [9.17, 15) is 13.2 Å². The minimum Gasteiger partial charge on any atom is -0.497 e. The van der Waals surface area contributed by atoms with Crippen LogP contribution in [0, 0.1) is 0 Å². The van der Waals surface area contributed by atoms with Crippen LogP contribution in [0.2, 0.25) is 0 Å². The van der Waals surface area contributed by atoms with Crippen LogP contribution in [0.3, 0.4) is 0 Å². The number of hydrogen-bond acceptors (Lipinski definition) is 6. The Morgan fingerprint density at radius 1 is 1.23 bits per heavy atom. The smallest absolute Gasteiger partial charge is 0.412 e. The molecule has 2 atom stereocenters. The van der Waals surface area contributed by atoms with Crippen LogP contribution in [-0.2, 0) is 26.0 Å². The number of carbonyl (C=O) groups excluding carboxylic acids is 1. The summed E-state index contributed by atoms with van der Waals surface area (Å²) in [6.07, 6.45) is 0.368. The number of methoxy groups -OCH3 is 1. The first-order valence-corrected chi connectivity index (χ1v) is 12.1. The maximum atomic E-state index is 13.2. The van der Waals surface area contributed by atoms with Crippen molar-refractivity contribution in [1.82, 2.24) is 9.21 Å². The molecular weight excluding hydrogens is 420 g/mol. The fraction of sp³-hybridized carbons (Fsp3) is 0.682. The van der Waals surface area contributed by atoms with E-state index in [1.165, 1.54) is 4.31 Å². The molecule has 8 nitrogen and oxygen atoms in total. The van der Waals surface area contributed by atoms with Gasteiger partial charge in [0.15, 0.2) is 0 Å². The summed E-state index contributed by atoms with van der Waals surface area (Å²) < 4.78 is 44.5. The minimum absolute atomic E-state index is 0.288. The highest BCUT2D eigenvalue weighted by molar-refractivity contribution is 7.90. The number of ether oxygens (including phenoxy) is 3. The van der Waals surface area contributed by atoms with Gasteiger partial charge in [0, 0.05) is 13.1 Å². The molecule has 1 amide bonds. The molecule has 0 aromatic heterocycles. The van der Waals surface area contributed by atoms with Crippen LogP contribution >= 0.6 is 0 Å². The Morgan fingerprint density at radius 2 is 1.87 bits per heavy atom. The van der Waals surface area contributed by atoms with Crippen molar-refractivity contribution in [1.29, 1.82) is 0 Å². The lowest BCUT2D eigenvalue weighted by Crippen LogP contribution is -2.50. The van der Waals surface area contributed by atoms with E-state index in [1.54, 1.807) is 25.9 Å². The molecule has 2 saturated heterocycles. The lowest BCUT2D eigenvalue weighted by Gasteiger charge is -2.35. The second-order valence-corrected chi connectivity index (χ2v) is 11.8. The molecule has 31 heavy (non-hydrogen) atoms. The van der Waals surface area contributed by atoms with Gasteiger partial charge in [-0.25, -0.2) is 13.2 Å². The molecule has 2 aliphatic heterocycles. The van der Waals surface area contributed by atoms with Gasteiger partial charge in [-0.2, -0.15) is 4.31 Å². The van der Waals surface area contributed by atoms with E-state index in [0.29, 0.717) is 25.9 Å². The lowest BCUT2D eigenvalue weighted by atomic mass is 10.1. The number of amides is 1. The molecule has 0 aliphatic carbocycles. The van der Waals surface area contributed by atoms with Gasteiger partial charge >= 0.3 is 6.09 Å². The Bertz CT molecular complexity index is 892. The molecule has 1 unspecified atom stereocenters. The molecule has 174 valence electrons. The number of nitrogens with zero attached hydrogens (tertiary/aromatic N) is 2. The van der Waals surface area contributed by atoms with Gasteiger partial charge in [-0.05, 0) is 65.2 Å². The maximum Gasteiger partial charge on any atom is 0.412 e. The van der Waals surface area contributed by atoms with Crippen LogP contribution in [0.25, 0.3) is 0 Å². The van der Waals surface area contributed by atoms with Crippen molar-refractivity contribution in [2.75, 3.05) is 20.3 Å². The fourth-order valence-corrected chi connectivity index (χ4v) is 6.14. The molecule has 3 rings (SSSR count). The Morgan fingerprint density at radius 3 is 2.45 bits per heavy atom. The highest BCUT2D eigenvalue weighted by Crippen LogP contribution is 2.35. The SMILES string of the molecule is COc1ccc(CN2CCC(C[C@H]3COC(C)(C)N3C(=O)OC(C)(C)C)S2(=O)=O)cc1. The van der Waals surface area contributed by atoms with E-state index in [4.69, 9.17) is 14.2 Å². The number of hydrogen-bond donors (Lipinski definition) is 0. The van der Waals surface area contributed by atoms with Crippen LogP contribution < -0.4 is 4.74 Å². The first-order chi connectivity index (χ1) is 14.3. The number of benzene rings is 1. The van der Waals surface area contributed by atoms with E-state index < -0.39 is 32.7 Å². The average molecular weight is 455 g/mol. The zero-order valence-corrected chi connectivity index (χ0v) is 20.1. The summed E-state index contributed by atoms with van der Waals surface area (Å²) in [5.74, 6) is 0.733. The first kappa shape index (κ1) is 23.8. The van der Waals surface area contributed by atoms with E-state index >= 15 is 0 Å². The zero-order valence-electron chi connectivity index (χ0n) is 19.3. The highest BCUT2D eigenvalue weighted by Gasteiger charge is 2.49. The zero-order chi connectivity index (χ0) is 23.0. The molecule has 2 heterocycles. The number of carbonyl (C=O) groups is 1. The van der Waals surface area contributed by atoms with Crippen molar-refractivity contribution in [3.8, 4) is 5.75 Å². The average Bonchev–Trinajstić information content (AvgIpc) is 3.10. The normalized spacial score (nSPS) is 25.5. The summed E-state index contributed by atoms with van der Waals surface area (Å²) in [4.78, 5) is 14.4. The molecule has 0 saturated carbocycles. The van der Waals surface area contributed by atoms with Crippen LogP contribution in [0.15, 0.2) is 24.3 Å². The van der Waals surface area contributed by atoms with E-state index in [1.807, 2.05) is 45.0 Å². The summed E-state index contributed by atoms with van der Waals surface area (Å²) in [6, 6.07) is 7.04. The lowest BCUT2D eigenvalue weighted by molar-refractivity contribution is -0.0626. The van der Waals surface area contributed by atoms with Gasteiger partial charge in [0.25, 0.3) is 0 Å². The molecule has 2 fully saturated rings.